The third-order valence-corrected chi connectivity index (χ3v) is 1.78. The first-order valence-electron chi connectivity index (χ1n) is 3.12. The molecule has 66 valence electrons. The van der Waals surface area contributed by atoms with Crippen molar-refractivity contribution in [3.63, 3.8) is 0 Å². The summed E-state index contributed by atoms with van der Waals surface area (Å²) >= 11 is 3.96. The lowest BCUT2D eigenvalue weighted by atomic mass is 10.3. The normalized spacial score (nSPS) is 23.2. The second kappa shape index (κ2) is 3.02. The number of rotatable bonds is 1. The molecule has 0 fully saturated rings. The Morgan fingerprint density at radius 3 is 2.92 bits per heavy atom. The zero-order valence-corrected chi connectivity index (χ0v) is 7.21. The van der Waals surface area contributed by atoms with E-state index < -0.39 is 17.3 Å². The van der Waals surface area contributed by atoms with E-state index in [9.17, 15) is 9.59 Å². The van der Waals surface area contributed by atoms with E-state index >= 15 is 0 Å². The van der Waals surface area contributed by atoms with Gasteiger partial charge in [0, 0.05) is 7.05 Å². The molecule has 2 amide bonds. The van der Waals surface area contributed by atoms with E-state index in [4.69, 9.17) is 5.73 Å². The summed E-state index contributed by atoms with van der Waals surface area (Å²) in [5.74, 6) is -1.44. The molecule has 3 N–H and O–H groups in total. The van der Waals surface area contributed by atoms with Gasteiger partial charge in [0.25, 0.3) is 11.8 Å². The van der Waals surface area contributed by atoms with E-state index in [0.29, 0.717) is 0 Å². The molecule has 6 nitrogen and oxygen atoms in total. The fraction of sp³-hybridized carbons (Fsp3) is 0.400. The molecular weight excluding hydrogens is 180 g/mol. The van der Waals surface area contributed by atoms with E-state index in [0.717, 1.165) is 0 Å². The molecule has 0 saturated heterocycles. The van der Waals surface area contributed by atoms with Crippen molar-refractivity contribution in [3.8, 4) is 0 Å². The zero-order valence-electron chi connectivity index (χ0n) is 6.31. The van der Waals surface area contributed by atoms with Crippen molar-refractivity contribution in [1.82, 2.24) is 10.3 Å². The number of hydrazone groups is 1. The maximum Gasteiger partial charge on any atom is 0.279 e. The van der Waals surface area contributed by atoms with Gasteiger partial charge >= 0.3 is 0 Å². The van der Waals surface area contributed by atoms with Crippen LogP contribution in [0.1, 0.15) is 0 Å². The Bertz CT molecular complexity index is 264. The Morgan fingerprint density at radius 1 is 1.83 bits per heavy atom. The van der Waals surface area contributed by atoms with Crippen molar-refractivity contribution >= 4 is 30.2 Å². The lowest BCUT2D eigenvalue weighted by Crippen LogP contribution is -2.52. The van der Waals surface area contributed by atoms with Gasteiger partial charge in [-0.25, -0.2) is 0 Å². The highest BCUT2D eigenvalue weighted by Crippen LogP contribution is 2.03. The maximum absolute atomic E-state index is 11.0. The Hall–Kier alpha value is -1.24. The summed E-state index contributed by atoms with van der Waals surface area (Å²) in [6.07, 6.45) is 0. The molecule has 1 heterocycles. The van der Waals surface area contributed by atoms with E-state index in [1.54, 1.807) is 7.05 Å². The van der Waals surface area contributed by atoms with Crippen molar-refractivity contribution < 1.29 is 9.59 Å². The highest BCUT2D eigenvalue weighted by molar-refractivity contribution is 7.80. The minimum absolute atomic E-state index is 0.303. The molecule has 1 atom stereocenters. The summed E-state index contributed by atoms with van der Waals surface area (Å²) < 4.78 is 0. The Labute approximate surface area is 74.2 Å². The van der Waals surface area contributed by atoms with Crippen molar-refractivity contribution in [2.24, 2.45) is 10.8 Å². The Kier molecular flexibility index (Phi) is 2.22. The molecule has 0 bridgehead atoms. The van der Waals surface area contributed by atoms with Crippen LogP contribution in [0.4, 0.5) is 0 Å². The number of nitrogens with zero attached hydrogens (tertiary/aromatic N) is 2. The van der Waals surface area contributed by atoms with Gasteiger partial charge in [0.1, 0.15) is 0 Å². The number of primary amides is 1. The van der Waals surface area contributed by atoms with Gasteiger partial charge in [-0.2, -0.15) is 5.10 Å². The molecule has 0 aromatic rings. The molecule has 1 rings (SSSR count). The smallest absolute Gasteiger partial charge is 0.279 e. The van der Waals surface area contributed by atoms with Gasteiger partial charge in [-0.3, -0.25) is 14.6 Å². The standard InChI is InChI=1S/C5H8N4O2S/c1-9-5(12)7-4(11)2(8-9)3(6)10/h5,12H,1H3,(H2,6,10)(H,7,11). The second-order valence-electron chi connectivity index (χ2n) is 2.23. The molecule has 12 heavy (non-hydrogen) atoms. The predicted molar refractivity (Wildman–Crippen MR) is 45.3 cm³/mol. The molecule has 0 radical (unpaired) electrons. The minimum atomic E-state index is -0.848. The number of hydrogen-bond acceptors (Lipinski definition) is 5. The first kappa shape index (κ1) is 8.85. The number of nitrogens with two attached hydrogens (primary N) is 1. The van der Waals surface area contributed by atoms with Crippen LogP contribution in [0, 0.1) is 0 Å². The van der Waals surface area contributed by atoms with Crippen LogP contribution in [0.3, 0.4) is 0 Å². The number of carbonyl (C=O) groups excluding carboxylic acids is 2. The third-order valence-electron chi connectivity index (χ3n) is 1.32. The number of carbonyl (C=O) groups is 2. The fourth-order valence-corrected chi connectivity index (χ4v) is 0.867. The summed E-state index contributed by atoms with van der Waals surface area (Å²) in [5.41, 5.74) is 4.07. The van der Waals surface area contributed by atoms with Gasteiger partial charge in [-0.05, 0) is 0 Å². The fourth-order valence-electron chi connectivity index (χ4n) is 0.698. The van der Waals surface area contributed by atoms with Crippen molar-refractivity contribution in [1.29, 1.82) is 0 Å². The average molecular weight is 188 g/mol. The lowest BCUT2D eigenvalue weighted by molar-refractivity contribution is -0.119. The van der Waals surface area contributed by atoms with Crippen LogP contribution in [-0.2, 0) is 9.59 Å². The summed E-state index contributed by atoms with van der Waals surface area (Å²) in [6, 6.07) is 0. The molecule has 0 spiro atoms. The number of thiol groups is 1. The molecule has 0 saturated carbocycles. The number of hydrogen-bond donors (Lipinski definition) is 3. The highest BCUT2D eigenvalue weighted by Gasteiger charge is 2.26. The first-order chi connectivity index (χ1) is 5.52. The molecular formula is C5H8N4O2S. The molecule has 1 unspecified atom stereocenters. The van der Waals surface area contributed by atoms with E-state index in [2.05, 4.69) is 23.0 Å². The number of nitrogens with one attached hydrogen (secondary N) is 1. The SMILES string of the molecule is CN1N=C(C(N)=O)C(=O)NC1S. The predicted octanol–water partition coefficient (Wildman–Crippen LogP) is -1.90. The van der Waals surface area contributed by atoms with E-state index in [1.165, 1.54) is 5.01 Å². The van der Waals surface area contributed by atoms with E-state index in [1.807, 2.05) is 0 Å². The molecule has 1 aliphatic rings. The van der Waals surface area contributed by atoms with Crippen molar-refractivity contribution in [2.75, 3.05) is 7.05 Å². The Balaban J connectivity index is 2.93. The van der Waals surface area contributed by atoms with Gasteiger partial charge in [0.15, 0.2) is 5.50 Å². The van der Waals surface area contributed by atoms with Crippen molar-refractivity contribution in [3.05, 3.63) is 0 Å². The Morgan fingerprint density at radius 2 is 2.42 bits per heavy atom. The largest absolute Gasteiger partial charge is 0.364 e. The van der Waals surface area contributed by atoms with Crippen LogP contribution >= 0.6 is 12.6 Å². The lowest BCUT2D eigenvalue weighted by Gasteiger charge is -2.26. The summed E-state index contributed by atoms with van der Waals surface area (Å²) in [6.45, 7) is 0. The monoisotopic (exact) mass is 188 g/mol. The quantitative estimate of drug-likeness (QED) is 0.420. The number of amides is 2. The summed E-state index contributed by atoms with van der Waals surface area (Å²) in [4.78, 5) is 21.6. The third kappa shape index (κ3) is 1.50. The van der Waals surface area contributed by atoms with Gasteiger partial charge in [0.2, 0.25) is 5.71 Å². The average Bonchev–Trinajstić information content (AvgIpc) is 1.96. The van der Waals surface area contributed by atoms with Crippen LogP contribution < -0.4 is 11.1 Å². The summed E-state index contributed by atoms with van der Waals surface area (Å²) in [7, 11) is 1.57. The molecule has 0 aliphatic carbocycles. The van der Waals surface area contributed by atoms with Gasteiger partial charge in [0.05, 0.1) is 0 Å². The minimum Gasteiger partial charge on any atom is -0.364 e. The van der Waals surface area contributed by atoms with Crippen LogP contribution in [0.15, 0.2) is 5.10 Å². The van der Waals surface area contributed by atoms with Crippen LogP contribution in [-0.4, -0.2) is 35.1 Å². The van der Waals surface area contributed by atoms with Gasteiger partial charge < -0.3 is 11.1 Å². The topological polar surface area (TPSA) is 87.8 Å². The van der Waals surface area contributed by atoms with E-state index in [-0.39, 0.29) is 5.71 Å². The molecule has 0 aromatic carbocycles. The van der Waals surface area contributed by atoms with Crippen molar-refractivity contribution in [2.45, 2.75) is 5.50 Å². The zero-order chi connectivity index (χ0) is 9.30. The molecule has 7 heteroatoms. The molecule has 0 aromatic heterocycles. The second-order valence-corrected chi connectivity index (χ2v) is 2.72. The maximum atomic E-state index is 11.0. The van der Waals surface area contributed by atoms with Crippen LogP contribution in [0.5, 0.6) is 0 Å². The van der Waals surface area contributed by atoms with Crippen LogP contribution in [0.25, 0.3) is 0 Å². The van der Waals surface area contributed by atoms with Gasteiger partial charge in [-0.1, -0.05) is 0 Å². The first-order valence-corrected chi connectivity index (χ1v) is 3.64. The van der Waals surface area contributed by atoms with Gasteiger partial charge in [-0.15, -0.1) is 12.6 Å². The summed E-state index contributed by atoms with van der Waals surface area (Å²) in [5, 5.41) is 7.33. The van der Waals surface area contributed by atoms with Crippen LogP contribution in [0.2, 0.25) is 0 Å². The highest BCUT2D eigenvalue weighted by atomic mass is 32.1. The molecule has 1 aliphatic heterocycles.